The molecule has 6 aromatic heterocycles. The van der Waals surface area contributed by atoms with Crippen LogP contribution in [0.4, 0.5) is 0 Å². The average molecular weight is 2220 g/mol. The number of likely N-dealkylation sites (N-methyl/N-ethyl adjacent to an activating group) is 1. The van der Waals surface area contributed by atoms with Gasteiger partial charge in [-0.15, -0.1) is 70.6 Å². The van der Waals surface area contributed by atoms with Crippen molar-refractivity contribution < 1.29 is 28.8 Å². The Labute approximate surface area is 930 Å². The average Bonchev–Trinajstić information content (AvgIpc) is 1.11. The minimum absolute atomic E-state index is 0.0221. The fraction of sp³-hybridized carbons (Fsp3) is 0.385. The molecule has 148 heavy (non-hydrogen) atoms. The van der Waals surface area contributed by atoms with Gasteiger partial charge in [0.25, 0.3) is 35.4 Å². The highest BCUT2D eigenvalue weighted by atomic mass is 35.5. The fourth-order valence-electron chi connectivity index (χ4n) is 18.3. The number of aryl methyl sites for hydroxylation is 6. The monoisotopic (exact) mass is 2220 g/mol. The van der Waals surface area contributed by atoms with Crippen LogP contribution in [0.2, 0.25) is 30.1 Å². The van der Waals surface area contributed by atoms with Crippen molar-refractivity contribution >= 4 is 176 Å². The van der Waals surface area contributed by atoms with E-state index in [2.05, 4.69) is 141 Å². The zero-order chi connectivity index (χ0) is 105. The number of pyridine rings is 6. The highest BCUT2D eigenvalue weighted by molar-refractivity contribution is 8.00. The van der Waals surface area contributed by atoms with Gasteiger partial charge in [0, 0.05) is 154 Å². The third-order valence-corrected chi connectivity index (χ3v) is 36.8. The molecule has 0 bridgehead atoms. The van der Waals surface area contributed by atoms with Crippen molar-refractivity contribution in [2.45, 2.75) is 241 Å². The first kappa shape index (κ1) is 116. The molecule has 6 fully saturated rings. The van der Waals surface area contributed by atoms with E-state index in [1.807, 2.05) is 199 Å². The maximum absolute atomic E-state index is 13.0. The quantitative estimate of drug-likeness (QED) is 0.0488. The molecule has 31 heteroatoms. The Morgan fingerprint density at radius 2 is 0.486 bits per heavy atom. The van der Waals surface area contributed by atoms with Crippen LogP contribution in [0.3, 0.4) is 0 Å². The number of amides is 6. The van der Waals surface area contributed by atoms with Gasteiger partial charge in [-0.2, -0.15) is 0 Å². The van der Waals surface area contributed by atoms with Crippen LogP contribution in [0.15, 0.2) is 248 Å². The number of aromatic nitrogens is 6. The van der Waals surface area contributed by atoms with E-state index in [-0.39, 0.29) is 47.5 Å². The van der Waals surface area contributed by atoms with Gasteiger partial charge in [-0.3, -0.25) is 28.8 Å². The molecule has 12 heterocycles. The van der Waals surface area contributed by atoms with Gasteiger partial charge in [0.05, 0.1) is 64.3 Å². The predicted molar refractivity (Wildman–Crippen MR) is 616 cm³/mol. The van der Waals surface area contributed by atoms with Crippen LogP contribution >= 0.6 is 140 Å². The summed E-state index contributed by atoms with van der Waals surface area (Å²) in [5.41, 5.74) is 15.6. The van der Waals surface area contributed by atoms with Crippen molar-refractivity contribution in [2.75, 3.05) is 79.0 Å². The number of likely N-dealkylation sites (tertiary alicyclic amines) is 5. The molecule has 6 amide bonds. The highest BCUT2D eigenvalue weighted by Gasteiger charge is 2.33. The number of benzene rings is 6. The number of piperazine rings is 1. The van der Waals surface area contributed by atoms with Gasteiger partial charge in [-0.05, 0) is 301 Å². The zero-order valence-electron chi connectivity index (χ0n) is 86.1. The summed E-state index contributed by atoms with van der Waals surface area (Å²) in [5.74, 6) is 4.46. The van der Waals surface area contributed by atoms with Gasteiger partial charge in [0.15, 0.2) is 0 Å². The first-order chi connectivity index (χ1) is 71.6. The van der Waals surface area contributed by atoms with Gasteiger partial charge in [0.2, 0.25) is 0 Å². The van der Waals surface area contributed by atoms with Crippen LogP contribution < -0.4 is 0 Å². The predicted octanol–water partition coefficient (Wildman–Crippen LogP) is 29.7. The number of carbonyl (C=O) groups excluding carboxylic acids is 6. The lowest BCUT2D eigenvalue weighted by Gasteiger charge is -2.38. The maximum Gasteiger partial charge on any atom is 0.272 e. The van der Waals surface area contributed by atoms with Crippen molar-refractivity contribution in [2.24, 2.45) is 0 Å². The molecule has 19 nitrogen and oxygen atoms in total. The molecule has 0 spiro atoms. The molecule has 18 rings (SSSR count). The van der Waals surface area contributed by atoms with Gasteiger partial charge in [-0.1, -0.05) is 186 Å². The lowest BCUT2D eigenvalue weighted by Crippen LogP contribution is -2.47. The van der Waals surface area contributed by atoms with Crippen molar-refractivity contribution in [1.82, 2.24) is 64.2 Å². The van der Waals surface area contributed by atoms with Crippen molar-refractivity contribution in [1.29, 1.82) is 0 Å². The first-order valence-electron chi connectivity index (χ1n) is 51.1. The summed E-state index contributed by atoms with van der Waals surface area (Å²) in [6.07, 6.45) is 16.7. The van der Waals surface area contributed by atoms with Crippen molar-refractivity contribution in [3.8, 4) is 0 Å². The van der Waals surface area contributed by atoms with Crippen LogP contribution in [0, 0.1) is 41.5 Å². The molecule has 0 aliphatic carbocycles. The Balaban J connectivity index is 0.000000148. The number of hydrogen-bond donors (Lipinski definition) is 0. The number of thioether (sulfide) groups is 6. The Morgan fingerprint density at radius 1 is 0.264 bits per heavy atom. The third kappa shape index (κ3) is 33.9. The standard InChI is InChI=1S/2C21H25ClN2OS.C19H22ClN3OS.2C19H21ClN2OS.C18H19ClN2OS/c1-14-7-4-11-18(22)20(14)26-13-17-10-6-12-19(23-17)21(25)24-15(2)8-5-9-16(24)3;1-3-17-10-4-5-13-24(17)21(25)19-12-7-9-16(23-19)14-26-20-15(2)8-6-11-18(20)22;1-14-5-3-7-16(20)18(14)25-13-15-6-4-8-17(21-15)19(24)23-11-9-22(2)10-12-23;2*1-14-7-5-9-16(20)18(14)24-13-15-8-6-10-17(21-15)19(23)22-11-3-2-4-12-22;1-13-6-4-8-15(19)17(13)23-12-14-7-5-9-16(20-14)18(22)21-10-2-3-11-21/h4,6-7,10-12,15-16H,5,8-9,13H2,1-3H3;6-9,11-12,17H,3-5,10,13-14H2,1-2H3;3-8H,9-13H2,1-2H3;2*5-10H,2-4,11-13H2,1H3;4-9H,2-3,10-12H2,1H3. The third-order valence-electron chi connectivity index (χ3n) is 26.6. The molecule has 0 N–H and O–H groups in total. The Hall–Kier alpha value is -9.16. The smallest absolute Gasteiger partial charge is 0.272 e. The van der Waals surface area contributed by atoms with E-state index in [1.54, 1.807) is 82.7 Å². The fourth-order valence-corrected chi connectivity index (χ4v) is 26.4. The summed E-state index contributed by atoms with van der Waals surface area (Å²) in [5, 5.41) is 4.58. The molecule has 3 unspecified atom stereocenters. The topological polar surface area (TPSA) is 202 Å². The SMILES string of the molecule is CCC1CCCCN1C(=O)c1cccc(CSc2c(C)cccc2Cl)n1.Cc1cccc(Cl)c1SCc1cccc(C(=O)N2C(C)CCCC2C)n1.Cc1cccc(Cl)c1SCc1cccc(C(=O)N2CCCC2)n1.Cc1cccc(Cl)c1SCc1cccc(C(=O)N2CCCCC2)n1.Cc1cccc(Cl)c1SCc1cccc(C(=O)N2CCCCC2)n1.Cc1cccc(Cl)c1SCc1cccc(C(=O)N2CCN(C)CC2)n1. The molecule has 6 saturated heterocycles. The molecule has 0 saturated carbocycles. The zero-order valence-corrected chi connectivity index (χ0v) is 95.6. The second-order valence-electron chi connectivity index (χ2n) is 37.8. The van der Waals surface area contributed by atoms with E-state index >= 15 is 0 Å². The van der Waals surface area contributed by atoms with Crippen LogP contribution in [0.25, 0.3) is 0 Å². The number of carbonyl (C=O) groups is 6. The molecule has 0 radical (unpaired) electrons. The van der Waals surface area contributed by atoms with Gasteiger partial charge in [0.1, 0.15) is 34.2 Å². The molecule has 3 atom stereocenters. The van der Waals surface area contributed by atoms with Crippen LogP contribution in [0.5, 0.6) is 0 Å². The summed E-state index contributed by atoms with van der Waals surface area (Å²) in [6.45, 7) is 28.0. The second-order valence-corrected chi connectivity index (χ2v) is 46.2. The van der Waals surface area contributed by atoms with Crippen molar-refractivity contribution in [3.63, 3.8) is 0 Å². The minimum atomic E-state index is 0.0221. The molecule has 6 aromatic carbocycles. The summed E-state index contributed by atoms with van der Waals surface area (Å²) in [4.78, 5) is 124. The Morgan fingerprint density at radius 3 is 0.736 bits per heavy atom. The number of rotatable bonds is 25. The molecule has 6 aliphatic heterocycles. The van der Waals surface area contributed by atoms with E-state index in [4.69, 9.17) is 69.6 Å². The first-order valence-corrected chi connectivity index (χ1v) is 59.3. The van der Waals surface area contributed by atoms with E-state index < -0.39 is 0 Å². The van der Waals surface area contributed by atoms with Gasteiger partial charge in [-0.25, -0.2) is 29.9 Å². The highest BCUT2D eigenvalue weighted by Crippen LogP contribution is 2.40. The lowest BCUT2D eigenvalue weighted by atomic mass is 9.97. The van der Waals surface area contributed by atoms with Crippen LogP contribution in [-0.2, 0) is 34.5 Å². The summed E-state index contributed by atoms with van der Waals surface area (Å²) >= 11 is 47.7. The maximum atomic E-state index is 13.0. The summed E-state index contributed by atoms with van der Waals surface area (Å²) < 4.78 is 0. The Bertz CT molecular complexity index is 6230. The van der Waals surface area contributed by atoms with Crippen molar-refractivity contribution in [3.05, 3.63) is 350 Å². The molecule has 6 aliphatic rings. The van der Waals surface area contributed by atoms with Gasteiger partial charge >= 0.3 is 0 Å². The summed E-state index contributed by atoms with van der Waals surface area (Å²) in [6, 6.07) is 70.6. The number of piperidine rings is 4. The van der Waals surface area contributed by atoms with Gasteiger partial charge < -0.3 is 34.3 Å². The molecular weight excluding hydrogens is 2090 g/mol. The molecule has 12 aromatic rings. The molecular formula is C117H133Cl6N13O6S6. The normalized spacial score (nSPS) is 16.2. The Kier molecular flexibility index (Phi) is 46.4. The van der Waals surface area contributed by atoms with Crippen LogP contribution in [0.1, 0.15) is 248 Å². The lowest BCUT2D eigenvalue weighted by molar-refractivity contribution is 0.0503. The number of hydrogen-bond acceptors (Lipinski definition) is 19. The largest absolute Gasteiger partial charge is 0.337 e. The minimum Gasteiger partial charge on any atom is -0.337 e. The van der Waals surface area contributed by atoms with Crippen LogP contribution in [-0.4, -0.2) is 197 Å². The molecule has 780 valence electrons. The van der Waals surface area contributed by atoms with E-state index in [9.17, 15) is 28.8 Å². The summed E-state index contributed by atoms with van der Waals surface area (Å²) in [7, 11) is 2.08. The van der Waals surface area contributed by atoms with E-state index in [0.717, 1.165) is 270 Å². The van der Waals surface area contributed by atoms with E-state index in [0.29, 0.717) is 74.7 Å². The number of nitrogens with zero attached hydrogens (tertiary/aromatic N) is 13. The number of halogens is 6. The van der Waals surface area contributed by atoms with E-state index in [1.165, 1.54) is 25.7 Å². The second kappa shape index (κ2) is 59.2.